The second-order valence-corrected chi connectivity index (χ2v) is 8.60. The van der Waals surface area contributed by atoms with Gasteiger partial charge in [-0.1, -0.05) is 5.10 Å². The van der Waals surface area contributed by atoms with E-state index in [4.69, 9.17) is 4.42 Å². The van der Waals surface area contributed by atoms with E-state index in [0.717, 1.165) is 4.31 Å². The monoisotopic (exact) mass is 404 g/mol. The third kappa shape index (κ3) is 3.94. The smallest absolute Gasteiger partial charge is 0.322 e. The number of nitrogens with one attached hydrogen (secondary N) is 1. The fraction of sp³-hybridized carbons (Fsp3) is 0.294. The number of rotatable bonds is 6. The third-order valence-electron chi connectivity index (χ3n) is 3.90. The van der Waals surface area contributed by atoms with E-state index in [1.54, 1.807) is 29.1 Å². The minimum atomic E-state index is -3.52. The van der Waals surface area contributed by atoms with Crippen molar-refractivity contribution in [2.24, 2.45) is 0 Å². The number of carbonyl (C=O) groups is 1. The molecular weight excluding hydrogens is 384 g/mol. The number of benzene rings is 1. The predicted octanol–water partition coefficient (Wildman–Crippen LogP) is 2.02. The maximum absolute atomic E-state index is 12.2. The van der Waals surface area contributed by atoms with Crippen LogP contribution in [0, 0.1) is 0 Å². The summed E-state index contributed by atoms with van der Waals surface area (Å²) in [6.07, 6.45) is 1.71. The molecule has 2 heterocycles. The first-order chi connectivity index (χ1) is 13.2. The molecule has 1 amide bonds. The molecule has 0 atom stereocenters. The molecule has 2 aromatic heterocycles. The molecule has 10 nitrogen and oxygen atoms in total. The van der Waals surface area contributed by atoms with Gasteiger partial charge in [0.05, 0.1) is 4.90 Å². The first kappa shape index (κ1) is 19.7. The van der Waals surface area contributed by atoms with E-state index in [0.29, 0.717) is 5.56 Å². The Morgan fingerprint density at radius 1 is 1.14 bits per heavy atom. The number of amides is 1. The molecular formula is C17H20N6O4S. The van der Waals surface area contributed by atoms with E-state index in [-0.39, 0.29) is 28.5 Å². The van der Waals surface area contributed by atoms with Crippen molar-refractivity contribution in [3.05, 3.63) is 42.2 Å². The molecule has 28 heavy (non-hydrogen) atoms. The average Bonchev–Trinajstić information content (AvgIpc) is 3.31. The molecule has 0 aliphatic heterocycles. The Kier molecular flexibility index (Phi) is 5.29. The Morgan fingerprint density at radius 2 is 1.82 bits per heavy atom. The zero-order valence-corrected chi connectivity index (χ0v) is 16.6. The summed E-state index contributed by atoms with van der Waals surface area (Å²) in [5.41, 5.74) is 0.751. The molecule has 0 unspecified atom stereocenters. The highest BCUT2D eigenvalue weighted by molar-refractivity contribution is 7.89. The molecule has 0 aliphatic rings. The first-order valence-corrected chi connectivity index (χ1v) is 9.85. The SMILES string of the molecule is CC(C)n1ccc(C(=O)Nc2nnc(-c3ccc(S(=O)(=O)N(C)C)cc3)o2)n1. The summed E-state index contributed by atoms with van der Waals surface area (Å²) in [7, 11) is -0.603. The van der Waals surface area contributed by atoms with Gasteiger partial charge in [-0.3, -0.25) is 14.8 Å². The molecule has 1 aromatic carbocycles. The molecule has 3 rings (SSSR count). The number of nitrogens with zero attached hydrogens (tertiary/aromatic N) is 5. The molecule has 0 fully saturated rings. The zero-order valence-electron chi connectivity index (χ0n) is 15.8. The van der Waals surface area contributed by atoms with Crippen molar-refractivity contribution in [3.63, 3.8) is 0 Å². The Bertz CT molecular complexity index is 1080. The van der Waals surface area contributed by atoms with Crippen molar-refractivity contribution in [1.29, 1.82) is 0 Å². The summed E-state index contributed by atoms with van der Waals surface area (Å²) in [4.78, 5) is 12.4. The van der Waals surface area contributed by atoms with Gasteiger partial charge in [-0.25, -0.2) is 12.7 Å². The second-order valence-electron chi connectivity index (χ2n) is 6.45. The number of hydrogen-bond donors (Lipinski definition) is 1. The normalized spacial score (nSPS) is 11.9. The van der Waals surface area contributed by atoms with Gasteiger partial charge < -0.3 is 4.42 Å². The van der Waals surface area contributed by atoms with Gasteiger partial charge in [0.25, 0.3) is 5.91 Å². The molecule has 0 radical (unpaired) electrons. The highest BCUT2D eigenvalue weighted by atomic mass is 32.2. The maximum atomic E-state index is 12.2. The number of aromatic nitrogens is 4. The lowest BCUT2D eigenvalue weighted by Crippen LogP contribution is -2.22. The van der Waals surface area contributed by atoms with Crippen LogP contribution in [-0.4, -0.2) is 52.7 Å². The molecule has 11 heteroatoms. The summed E-state index contributed by atoms with van der Waals surface area (Å²) in [5.74, 6) is -0.321. The summed E-state index contributed by atoms with van der Waals surface area (Å²) in [6.45, 7) is 3.90. The van der Waals surface area contributed by atoms with Gasteiger partial charge >= 0.3 is 6.01 Å². The van der Waals surface area contributed by atoms with E-state index in [9.17, 15) is 13.2 Å². The van der Waals surface area contributed by atoms with Gasteiger partial charge in [0.2, 0.25) is 15.9 Å². The van der Waals surface area contributed by atoms with Crippen molar-refractivity contribution in [1.82, 2.24) is 24.3 Å². The number of sulfonamides is 1. The van der Waals surface area contributed by atoms with Gasteiger partial charge in [-0.15, -0.1) is 5.10 Å². The van der Waals surface area contributed by atoms with Crippen LogP contribution in [0.25, 0.3) is 11.5 Å². The van der Waals surface area contributed by atoms with Crippen molar-refractivity contribution < 1.29 is 17.6 Å². The third-order valence-corrected chi connectivity index (χ3v) is 5.72. The van der Waals surface area contributed by atoms with E-state index < -0.39 is 15.9 Å². The standard InChI is InChI=1S/C17H20N6O4S/c1-11(2)23-10-9-14(21-23)15(24)18-17-20-19-16(27-17)12-5-7-13(8-6-12)28(25,26)22(3)4/h5-11H,1-4H3,(H,18,20,24). The summed E-state index contributed by atoms with van der Waals surface area (Å²) in [5, 5.41) is 14.3. The van der Waals surface area contributed by atoms with Crippen molar-refractivity contribution >= 4 is 21.9 Å². The average molecular weight is 404 g/mol. The molecule has 0 bridgehead atoms. The number of carbonyl (C=O) groups excluding carboxylic acids is 1. The largest absolute Gasteiger partial charge is 0.403 e. The van der Waals surface area contributed by atoms with Crippen molar-refractivity contribution in [3.8, 4) is 11.5 Å². The number of hydrogen-bond acceptors (Lipinski definition) is 7. The van der Waals surface area contributed by atoms with Crippen LogP contribution in [-0.2, 0) is 10.0 Å². The molecule has 1 N–H and O–H groups in total. The highest BCUT2D eigenvalue weighted by Crippen LogP contribution is 2.23. The molecule has 0 spiro atoms. The van der Waals surface area contributed by atoms with Crippen molar-refractivity contribution in [2.45, 2.75) is 24.8 Å². The minimum Gasteiger partial charge on any atom is -0.403 e. The first-order valence-electron chi connectivity index (χ1n) is 8.41. The van der Waals surface area contributed by atoms with E-state index in [1.807, 2.05) is 13.8 Å². The quantitative estimate of drug-likeness (QED) is 0.666. The van der Waals surface area contributed by atoms with Gasteiger partial charge in [-0.2, -0.15) is 5.10 Å². The van der Waals surface area contributed by atoms with Crippen LogP contribution in [0.5, 0.6) is 0 Å². The van der Waals surface area contributed by atoms with Gasteiger partial charge in [0.1, 0.15) is 0 Å². The molecule has 3 aromatic rings. The van der Waals surface area contributed by atoms with Crippen LogP contribution < -0.4 is 5.32 Å². The lowest BCUT2D eigenvalue weighted by atomic mass is 10.2. The Labute approximate surface area is 162 Å². The van der Waals surface area contributed by atoms with Gasteiger partial charge in [0, 0.05) is 31.9 Å². The second kappa shape index (κ2) is 7.52. The highest BCUT2D eigenvalue weighted by Gasteiger charge is 2.18. The van der Waals surface area contributed by atoms with Crippen LogP contribution in [0.1, 0.15) is 30.4 Å². The van der Waals surface area contributed by atoms with Crippen LogP contribution in [0.15, 0.2) is 45.8 Å². The summed E-state index contributed by atoms with van der Waals surface area (Å²) in [6, 6.07) is 7.66. The maximum Gasteiger partial charge on any atom is 0.322 e. The van der Waals surface area contributed by atoms with Gasteiger partial charge in [0.15, 0.2) is 5.69 Å². The molecule has 148 valence electrons. The van der Waals surface area contributed by atoms with Crippen LogP contribution in [0.2, 0.25) is 0 Å². The fourth-order valence-electron chi connectivity index (χ4n) is 2.28. The van der Waals surface area contributed by atoms with E-state index >= 15 is 0 Å². The molecule has 0 saturated carbocycles. The van der Waals surface area contributed by atoms with E-state index in [1.165, 1.54) is 26.2 Å². The van der Waals surface area contributed by atoms with Crippen LogP contribution >= 0.6 is 0 Å². The Morgan fingerprint density at radius 3 is 2.39 bits per heavy atom. The van der Waals surface area contributed by atoms with Crippen LogP contribution in [0.3, 0.4) is 0 Å². The number of anilines is 1. The van der Waals surface area contributed by atoms with Crippen LogP contribution in [0.4, 0.5) is 6.01 Å². The summed E-state index contributed by atoms with van der Waals surface area (Å²) >= 11 is 0. The lowest BCUT2D eigenvalue weighted by Gasteiger charge is -2.11. The topological polar surface area (TPSA) is 123 Å². The lowest BCUT2D eigenvalue weighted by molar-refractivity contribution is 0.101. The van der Waals surface area contributed by atoms with Gasteiger partial charge in [-0.05, 0) is 44.2 Å². The Hall–Kier alpha value is -3.05. The minimum absolute atomic E-state index is 0.0795. The fourth-order valence-corrected chi connectivity index (χ4v) is 3.18. The van der Waals surface area contributed by atoms with Crippen molar-refractivity contribution in [2.75, 3.05) is 19.4 Å². The predicted molar refractivity (Wildman–Crippen MR) is 101 cm³/mol. The summed E-state index contributed by atoms with van der Waals surface area (Å²) < 4.78 is 32.4. The molecule has 0 saturated heterocycles. The zero-order chi connectivity index (χ0) is 20.5. The van der Waals surface area contributed by atoms with E-state index in [2.05, 4.69) is 20.6 Å². The Balaban J connectivity index is 1.74. The molecule has 0 aliphatic carbocycles.